The van der Waals surface area contributed by atoms with Crippen LogP contribution in [0.4, 0.5) is 18.0 Å². The van der Waals surface area contributed by atoms with E-state index in [-0.39, 0.29) is 31.2 Å². The number of nitrogens with zero attached hydrogens (tertiary/aromatic N) is 1. The first-order valence-corrected chi connectivity index (χ1v) is 11.7. The fourth-order valence-corrected chi connectivity index (χ4v) is 4.13. The van der Waals surface area contributed by atoms with Crippen LogP contribution < -0.4 is 4.74 Å². The number of rotatable bonds is 9. The topological polar surface area (TPSA) is 76.1 Å². The van der Waals surface area contributed by atoms with E-state index in [0.29, 0.717) is 22.4 Å². The summed E-state index contributed by atoms with van der Waals surface area (Å²) >= 11 is 0. The van der Waals surface area contributed by atoms with E-state index >= 15 is 0 Å². The van der Waals surface area contributed by atoms with Gasteiger partial charge in [-0.05, 0) is 59.4 Å². The molecule has 3 aromatic rings. The van der Waals surface area contributed by atoms with Gasteiger partial charge in [0.2, 0.25) is 0 Å². The number of amides is 1. The van der Waals surface area contributed by atoms with Crippen molar-refractivity contribution in [2.24, 2.45) is 0 Å². The molecular formula is C28H26F3NO5. The van der Waals surface area contributed by atoms with E-state index in [2.05, 4.69) is 0 Å². The standard InChI is InChI=1S/C28H26F3NO5/c1-36-25-12-7-19(14-26(33)34)13-24(25)23-11-8-21(28(29,30)31)15-20(23)16-32(22-9-10-22)27(35)37-17-18-5-3-2-4-6-18/h2-8,11-13,15,22H,9-10,14,16-17H2,1H3,(H,33,34). The molecule has 0 radical (unpaired) electrons. The van der Waals surface area contributed by atoms with Gasteiger partial charge in [-0.1, -0.05) is 42.5 Å². The molecule has 0 aromatic heterocycles. The highest BCUT2D eigenvalue weighted by atomic mass is 19.4. The molecule has 0 saturated heterocycles. The minimum absolute atomic E-state index is 0.0450. The normalized spacial score (nSPS) is 13.2. The van der Waals surface area contributed by atoms with Crippen molar-refractivity contribution in [3.8, 4) is 16.9 Å². The van der Waals surface area contributed by atoms with Gasteiger partial charge in [0.25, 0.3) is 0 Å². The van der Waals surface area contributed by atoms with Gasteiger partial charge in [-0.3, -0.25) is 4.79 Å². The third-order valence-corrected chi connectivity index (χ3v) is 6.11. The molecule has 0 aliphatic heterocycles. The summed E-state index contributed by atoms with van der Waals surface area (Å²) in [6.07, 6.45) is -3.99. The molecule has 0 atom stereocenters. The first kappa shape index (κ1) is 26.1. The molecule has 0 unspecified atom stereocenters. The molecule has 1 aliphatic carbocycles. The Hall–Kier alpha value is -4.01. The Kier molecular flexibility index (Phi) is 7.71. The van der Waals surface area contributed by atoms with Gasteiger partial charge in [-0.25, -0.2) is 4.79 Å². The number of ether oxygens (including phenoxy) is 2. The summed E-state index contributed by atoms with van der Waals surface area (Å²) in [5.74, 6) is -0.662. The van der Waals surface area contributed by atoms with Crippen molar-refractivity contribution in [3.05, 3.63) is 89.0 Å². The first-order valence-electron chi connectivity index (χ1n) is 11.7. The van der Waals surface area contributed by atoms with Gasteiger partial charge in [0.15, 0.2) is 0 Å². The number of hydrogen-bond donors (Lipinski definition) is 1. The maximum absolute atomic E-state index is 13.6. The van der Waals surface area contributed by atoms with Gasteiger partial charge < -0.3 is 19.5 Å². The number of hydrogen-bond acceptors (Lipinski definition) is 4. The van der Waals surface area contributed by atoms with Gasteiger partial charge in [0.05, 0.1) is 19.1 Å². The zero-order chi connectivity index (χ0) is 26.6. The number of methoxy groups -OCH3 is 1. The van der Waals surface area contributed by atoms with Gasteiger partial charge >= 0.3 is 18.2 Å². The molecule has 1 saturated carbocycles. The van der Waals surface area contributed by atoms with Crippen molar-refractivity contribution in [3.63, 3.8) is 0 Å². The van der Waals surface area contributed by atoms with Crippen LogP contribution in [0.25, 0.3) is 11.1 Å². The van der Waals surface area contributed by atoms with Crippen molar-refractivity contribution < 1.29 is 37.3 Å². The van der Waals surface area contributed by atoms with Crippen molar-refractivity contribution in [2.45, 2.75) is 44.6 Å². The number of benzene rings is 3. The maximum Gasteiger partial charge on any atom is 0.416 e. The van der Waals surface area contributed by atoms with E-state index in [1.807, 2.05) is 30.3 Å². The Balaban J connectivity index is 1.70. The summed E-state index contributed by atoms with van der Waals surface area (Å²) in [4.78, 5) is 25.7. The highest BCUT2D eigenvalue weighted by molar-refractivity contribution is 5.77. The summed E-state index contributed by atoms with van der Waals surface area (Å²) in [6.45, 7) is -0.0622. The second-order valence-electron chi connectivity index (χ2n) is 8.87. The second-order valence-corrected chi connectivity index (χ2v) is 8.87. The predicted molar refractivity (Wildman–Crippen MR) is 130 cm³/mol. The molecule has 0 bridgehead atoms. The van der Waals surface area contributed by atoms with Crippen molar-refractivity contribution >= 4 is 12.1 Å². The summed E-state index contributed by atoms with van der Waals surface area (Å²) in [7, 11) is 1.43. The molecule has 1 fully saturated rings. The van der Waals surface area contributed by atoms with Crippen LogP contribution in [-0.4, -0.2) is 35.2 Å². The monoisotopic (exact) mass is 513 g/mol. The zero-order valence-electron chi connectivity index (χ0n) is 20.1. The van der Waals surface area contributed by atoms with Crippen LogP contribution in [0.15, 0.2) is 66.7 Å². The number of carbonyl (C=O) groups is 2. The first-order chi connectivity index (χ1) is 17.7. The zero-order valence-corrected chi connectivity index (χ0v) is 20.1. The summed E-state index contributed by atoms with van der Waals surface area (Å²) in [5.41, 5.74) is 1.53. The van der Waals surface area contributed by atoms with Gasteiger partial charge in [0.1, 0.15) is 12.4 Å². The molecular weight excluding hydrogens is 487 g/mol. The van der Waals surface area contributed by atoms with E-state index in [1.165, 1.54) is 18.1 Å². The van der Waals surface area contributed by atoms with Crippen molar-refractivity contribution in [1.29, 1.82) is 0 Å². The molecule has 194 valence electrons. The Morgan fingerprint density at radius 3 is 2.32 bits per heavy atom. The summed E-state index contributed by atoms with van der Waals surface area (Å²) in [5, 5.41) is 9.20. The van der Waals surface area contributed by atoms with E-state index in [0.717, 1.165) is 30.5 Å². The Morgan fingerprint density at radius 1 is 0.973 bits per heavy atom. The highest BCUT2D eigenvalue weighted by Gasteiger charge is 2.36. The third kappa shape index (κ3) is 6.61. The molecule has 9 heteroatoms. The summed E-state index contributed by atoms with van der Waals surface area (Å²) in [6, 6.07) is 17.1. The van der Waals surface area contributed by atoms with E-state index in [1.54, 1.807) is 18.2 Å². The molecule has 0 heterocycles. The quantitative estimate of drug-likeness (QED) is 0.363. The maximum atomic E-state index is 13.6. The van der Waals surface area contributed by atoms with Gasteiger partial charge in [-0.2, -0.15) is 13.2 Å². The van der Waals surface area contributed by atoms with E-state index < -0.39 is 23.8 Å². The molecule has 3 aromatic carbocycles. The van der Waals surface area contributed by atoms with Crippen LogP contribution in [0.2, 0.25) is 0 Å². The van der Waals surface area contributed by atoms with E-state index in [4.69, 9.17) is 9.47 Å². The predicted octanol–water partition coefficient (Wildman–Crippen LogP) is 6.31. The van der Waals surface area contributed by atoms with Gasteiger partial charge in [-0.15, -0.1) is 0 Å². The number of carboxylic acids is 1. The number of halogens is 3. The SMILES string of the molecule is COc1ccc(CC(=O)O)cc1-c1ccc(C(F)(F)F)cc1CN(C(=O)OCc1ccccc1)C1CC1. The molecule has 0 spiro atoms. The molecule has 6 nitrogen and oxygen atoms in total. The van der Waals surface area contributed by atoms with Crippen LogP contribution in [0, 0.1) is 0 Å². The molecule has 4 rings (SSSR count). The molecule has 37 heavy (non-hydrogen) atoms. The second kappa shape index (κ2) is 10.9. The molecule has 1 N–H and O–H groups in total. The fraction of sp³-hybridized carbons (Fsp3) is 0.286. The number of carboxylic acid groups (broad SMARTS) is 1. The largest absolute Gasteiger partial charge is 0.496 e. The van der Waals surface area contributed by atoms with Crippen molar-refractivity contribution in [2.75, 3.05) is 7.11 Å². The summed E-state index contributed by atoms with van der Waals surface area (Å²) < 4.78 is 51.8. The minimum atomic E-state index is -4.58. The van der Waals surface area contributed by atoms with Crippen LogP contribution >= 0.6 is 0 Å². The number of aliphatic carboxylic acids is 1. The molecule has 1 aliphatic rings. The lowest BCUT2D eigenvalue weighted by Gasteiger charge is -2.24. The highest BCUT2D eigenvalue weighted by Crippen LogP contribution is 2.39. The van der Waals surface area contributed by atoms with Gasteiger partial charge in [0, 0.05) is 18.2 Å². The fourth-order valence-electron chi connectivity index (χ4n) is 4.13. The van der Waals surface area contributed by atoms with Crippen LogP contribution in [-0.2, 0) is 35.3 Å². The smallest absolute Gasteiger partial charge is 0.416 e. The lowest BCUT2D eigenvalue weighted by molar-refractivity contribution is -0.138. The van der Waals surface area contributed by atoms with Crippen LogP contribution in [0.3, 0.4) is 0 Å². The lowest BCUT2D eigenvalue weighted by atomic mass is 9.94. The van der Waals surface area contributed by atoms with Crippen LogP contribution in [0.1, 0.15) is 35.1 Å². The van der Waals surface area contributed by atoms with Crippen LogP contribution in [0.5, 0.6) is 5.75 Å². The lowest BCUT2D eigenvalue weighted by Crippen LogP contribution is -2.33. The Labute approximate surface area is 212 Å². The van der Waals surface area contributed by atoms with E-state index in [9.17, 15) is 27.9 Å². The average Bonchev–Trinajstić information content (AvgIpc) is 3.71. The third-order valence-electron chi connectivity index (χ3n) is 6.11. The number of alkyl halides is 3. The minimum Gasteiger partial charge on any atom is -0.496 e. The Bertz CT molecular complexity index is 1270. The molecule has 1 amide bonds. The average molecular weight is 514 g/mol. The Morgan fingerprint density at radius 2 is 1.70 bits per heavy atom. The number of carbonyl (C=O) groups excluding carboxylic acids is 1. The van der Waals surface area contributed by atoms with Crippen molar-refractivity contribution in [1.82, 2.24) is 4.90 Å².